The summed E-state index contributed by atoms with van der Waals surface area (Å²) >= 11 is 9.32. The fraction of sp³-hybridized carbons (Fsp3) is 0.136. The van der Waals surface area contributed by atoms with Crippen LogP contribution >= 0.6 is 27.5 Å². The third-order valence-corrected chi connectivity index (χ3v) is 5.59. The van der Waals surface area contributed by atoms with Crippen LogP contribution in [0.15, 0.2) is 47.1 Å². The Morgan fingerprint density at radius 1 is 1.30 bits per heavy atom. The number of aromatic nitrogens is 4. The molecule has 0 spiro atoms. The lowest BCUT2D eigenvalue weighted by molar-refractivity contribution is -0.137. The first kappa shape index (κ1) is 22.6. The van der Waals surface area contributed by atoms with E-state index in [-0.39, 0.29) is 41.5 Å². The number of aryl methyl sites for hydroxylation is 1. The lowest BCUT2D eigenvalue weighted by atomic mass is 10.1. The quantitative estimate of drug-likeness (QED) is 0.353. The lowest BCUT2D eigenvalue weighted by Gasteiger charge is -2.12. The van der Waals surface area contributed by atoms with Gasteiger partial charge in [0.2, 0.25) is 0 Å². The van der Waals surface area contributed by atoms with Crippen molar-refractivity contribution in [1.29, 1.82) is 5.26 Å². The van der Waals surface area contributed by atoms with Crippen LogP contribution in [0.4, 0.5) is 4.39 Å². The van der Waals surface area contributed by atoms with Crippen LogP contribution in [-0.4, -0.2) is 31.1 Å². The summed E-state index contributed by atoms with van der Waals surface area (Å²) in [5.74, 6) is -1.42. The van der Waals surface area contributed by atoms with Gasteiger partial charge >= 0.3 is 5.97 Å². The first-order valence-electron chi connectivity index (χ1n) is 9.60. The number of ether oxygens (including phenoxy) is 1. The molecular formula is C22H14BrClFN5O3. The molecular weight excluding hydrogens is 517 g/mol. The van der Waals surface area contributed by atoms with E-state index in [1.54, 1.807) is 18.2 Å². The summed E-state index contributed by atoms with van der Waals surface area (Å²) in [4.78, 5) is 11.0. The number of carboxylic acids is 1. The van der Waals surface area contributed by atoms with E-state index in [0.29, 0.717) is 26.8 Å². The lowest BCUT2D eigenvalue weighted by Crippen LogP contribution is -2.07. The van der Waals surface area contributed by atoms with Crippen LogP contribution in [-0.2, 0) is 17.8 Å². The molecule has 0 atom stereocenters. The van der Waals surface area contributed by atoms with Crippen LogP contribution in [0.1, 0.15) is 23.2 Å². The van der Waals surface area contributed by atoms with Gasteiger partial charge in [0, 0.05) is 16.8 Å². The Labute approximate surface area is 200 Å². The maximum Gasteiger partial charge on any atom is 0.305 e. The standard InChI is InChI=1S/C22H14BrClFN5O3/c23-17-2-1-13(20(25)21(17)33-15-8-12(11-26)7-14(24)10-15)9-18-16-3-5-27-28-22(16)30(29-18)6-4-19(31)32/h1-3,5,7-8,10H,4,6,9H2,(H,31,32). The molecule has 4 rings (SSSR count). The highest BCUT2D eigenvalue weighted by molar-refractivity contribution is 9.10. The van der Waals surface area contributed by atoms with E-state index in [9.17, 15) is 4.79 Å². The van der Waals surface area contributed by atoms with Crippen molar-refractivity contribution in [2.75, 3.05) is 0 Å². The van der Waals surface area contributed by atoms with Crippen LogP contribution in [0.3, 0.4) is 0 Å². The molecule has 0 unspecified atom stereocenters. The van der Waals surface area contributed by atoms with Crippen LogP contribution in [0, 0.1) is 17.1 Å². The van der Waals surface area contributed by atoms with Gasteiger partial charge in [-0.15, -0.1) is 5.10 Å². The van der Waals surface area contributed by atoms with Gasteiger partial charge in [0.1, 0.15) is 5.75 Å². The van der Waals surface area contributed by atoms with Gasteiger partial charge in [0.15, 0.2) is 17.2 Å². The normalized spacial score (nSPS) is 10.8. The highest BCUT2D eigenvalue weighted by atomic mass is 79.9. The van der Waals surface area contributed by atoms with Gasteiger partial charge in [-0.25, -0.2) is 9.07 Å². The average molecular weight is 531 g/mol. The van der Waals surface area contributed by atoms with E-state index in [2.05, 4.69) is 31.2 Å². The number of hydrogen-bond donors (Lipinski definition) is 1. The zero-order chi connectivity index (χ0) is 23.5. The number of rotatable bonds is 7. The Morgan fingerprint density at radius 3 is 2.88 bits per heavy atom. The van der Waals surface area contributed by atoms with Gasteiger partial charge in [-0.2, -0.15) is 15.5 Å². The molecule has 11 heteroatoms. The average Bonchev–Trinajstić information content (AvgIpc) is 3.14. The molecule has 2 aromatic carbocycles. The smallest absolute Gasteiger partial charge is 0.305 e. The summed E-state index contributed by atoms with van der Waals surface area (Å²) in [7, 11) is 0. The third-order valence-electron chi connectivity index (χ3n) is 4.74. The Balaban J connectivity index is 1.69. The maximum atomic E-state index is 15.5. The van der Waals surface area contributed by atoms with Gasteiger partial charge in [-0.3, -0.25) is 4.79 Å². The minimum absolute atomic E-state index is 0.0620. The molecule has 0 amide bonds. The Hall–Kier alpha value is -3.55. The van der Waals surface area contributed by atoms with Crippen molar-refractivity contribution < 1.29 is 19.0 Å². The van der Waals surface area contributed by atoms with Crippen LogP contribution in [0.5, 0.6) is 11.5 Å². The summed E-state index contributed by atoms with van der Waals surface area (Å²) in [5.41, 5.74) is 1.53. The van der Waals surface area contributed by atoms with Gasteiger partial charge < -0.3 is 9.84 Å². The molecule has 8 nitrogen and oxygen atoms in total. The topological polar surface area (TPSA) is 114 Å². The number of halogens is 3. The van der Waals surface area contributed by atoms with Gasteiger partial charge in [0.05, 0.1) is 41.0 Å². The third kappa shape index (κ3) is 4.94. The van der Waals surface area contributed by atoms with Crippen molar-refractivity contribution in [1.82, 2.24) is 20.0 Å². The summed E-state index contributed by atoms with van der Waals surface area (Å²) in [6, 6.07) is 11.3. The highest BCUT2D eigenvalue weighted by Crippen LogP contribution is 2.36. The van der Waals surface area contributed by atoms with Gasteiger partial charge in [-0.1, -0.05) is 17.7 Å². The number of benzene rings is 2. The minimum atomic E-state index is -0.967. The summed E-state index contributed by atoms with van der Waals surface area (Å²) < 4.78 is 23.0. The molecule has 0 saturated heterocycles. The second-order valence-electron chi connectivity index (χ2n) is 7.00. The molecule has 0 radical (unpaired) electrons. The molecule has 0 aliphatic heterocycles. The largest absolute Gasteiger partial charge is 0.481 e. The summed E-state index contributed by atoms with van der Waals surface area (Å²) in [5, 5.41) is 31.4. The Morgan fingerprint density at radius 2 is 2.12 bits per heavy atom. The fourth-order valence-corrected chi connectivity index (χ4v) is 3.88. The van der Waals surface area contributed by atoms with Crippen molar-refractivity contribution in [2.24, 2.45) is 0 Å². The number of nitrogens with zero attached hydrogens (tertiary/aromatic N) is 5. The van der Waals surface area contributed by atoms with Gasteiger partial charge in [0.25, 0.3) is 0 Å². The summed E-state index contributed by atoms with van der Waals surface area (Å²) in [6.45, 7) is 0.109. The Bertz CT molecular complexity index is 1420. The van der Waals surface area contributed by atoms with E-state index >= 15 is 4.39 Å². The van der Waals surface area contributed by atoms with Crippen molar-refractivity contribution in [3.8, 4) is 17.6 Å². The van der Waals surface area contributed by atoms with E-state index in [4.69, 9.17) is 26.7 Å². The van der Waals surface area contributed by atoms with E-state index in [1.165, 1.54) is 29.1 Å². The molecule has 2 aromatic heterocycles. The molecule has 0 fully saturated rings. The molecule has 1 N–H and O–H groups in total. The van der Waals surface area contributed by atoms with E-state index < -0.39 is 11.8 Å². The molecule has 0 bridgehead atoms. The van der Waals surface area contributed by atoms with Crippen LogP contribution in [0.2, 0.25) is 5.02 Å². The minimum Gasteiger partial charge on any atom is -0.481 e. The zero-order valence-corrected chi connectivity index (χ0v) is 19.1. The van der Waals surface area contributed by atoms with Crippen molar-refractivity contribution in [2.45, 2.75) is 19.4 Å². The monoisotopic (exact) mass is 529 g/mol. The van der Waals surface area contributed by atoms with Crippen molar-refractivity contribution >= 4 is 44.5 Å². The first-order valence-corrected chi connectivity index (χ1v) is 10.8. The predicted molar refractivity (Wildman–Crippen MR) is 121 cm³/mol. The molecule has 0 saturated carbocycles. The number of carbonyl (C=O) groups is 1. The fourth-order valence-electron chi connectivity index (χ4n) is 3.26. The second kappa shape index (κ2) is 9.52. The molecule has 166 valence electrons. The SMILES string of the molecule is N#Cc1cc(Cl)cc(Oc2c(Br)ccc(Cc3nn(CCC(=O)O)c4nnccc34)c2F)c1. The van der Waals surface area contributed by atoms with Crippen molar-refractivity contribution in [3.63, 3.8) is 0 Å². The predicted octanol–water partition coefficient (Wildman–Crippen LogP) is 5.11. The van der Waals surface area contributed by atoms with Crippen LogP contribution < -0.4 is 4.74 Å². The highest BCUT2D eigenvalue weighted by Gasteiger charge is 2.19. The van der Waals surface area contributed by atoms with E-state index in [1.807, 2.05) is 6.07 Å². The maximum absolute atomic E-state index is 15.5. The number of carboxylic acid groups (broad SMARTS) is 1. The number of aliphatic carboxylic acids is 1. The number of fused-ring (bicyclic) bond motifs is 1. The molecule has 4 aromatic rings. The molecule has 0 aliphatic rings. The Kier molecular flexibility index (Phi) is 6.53. The van der Waals surface area contributed by atoms with Crippen LogP contribution in [0.25, 0.3) is 11.0 Å². The zero-order valence-electron chi connectivity index (χ0n) is 16.8. The second-order valence-corrected chi connectivity index (χ2v) is 8.29. The molecule has 2 heterocycles. The van der Waals surface area contributed by atoms with E-state index in [0.717, 1.165) is 0 Å². The number of hydrogen-bond acceptors (Lipinski definition) is 6. The van der Waals surface area contributed by atoms with Gasteiger partial charge in [-0.05, 0) is 51.8 Å². The number of nitriles is 1. The summed E-state index contributed by atoms with van der Waals surface area (Å²) in [6.07, 6.45) is 1.46. The first-order chi connectivity index (χ1) is 15.9. The molecule has 0 aliphatic carbocycles. The molecule has 33 heavy (non-hydrogen) atoms. The van der Waals surface area contributed by atoms with Crippen molar-refractivity contribution in [3.05, 3.63) is 74.7 Å².